The minimum Gasteiger partial charge on any atom is -0.452 e. The van der Waals surface area contributed by atoms with Crippen molar-refractivity contribution < 1.29 is 23.1 Å². The van der Waals surface area contributed by atoms with Crippen molar-refractivity contribution >= 4 is 29.3 Å². The summed E-state index contributed by atoms with van der Waals surface area (Å²) < 4.78 is 31.4. The van der Waals surface area contributed by atoms with Crippen molar-refractivity contribution in [2.24, 2.45) is 0 Å². The molecule has 0 aliphatic heterocycles. The molecule has 0 atom stereocenters. The van der Waals surface area contributed by atoms with E-state index in [0.29, 0.717) is 5.56 Å². The number of carbonyl (C=O) groups is 2. The Kier molecular flexibility index (Phi) is 6.31. The summed E-state index contributed by atoms with van der Waals surface area (Å²) in [6.45, 7) is 1.35. The molecule has 0 aromatic heterocycles. The third-order valence-corrected chi connectivity index (χ3v) is 3.90. The highest BCUT2D eigenvalue weighted by Crippen LogP contribution is 2.23. The molecule has 1 amide bonds. The van der Waals surface area contributed by atoms with Gasteiger partial charge in [-0.2, -0.15) is 0 Å². The first-order valence-corrected chi connectivity index (χ1v) is 8.13. The molecule has 7 heteroatoms. The Balaban J connectivity index is 1.96. The molecule has 2 rings (SSSR count). The van der Waals surface area contributed by atoms with E-state index >= 15 is 0 Å². The van der Waals surface area contributed by atoms with E-state index < -0.39 is 30.1 Å². The number of carbonyl (C=O) groups excluding carboxylic acids is 2. The molecule has 126 valence electrons. The molecule has 24 heavy (non-hydrogen) atoms. The van der Waals surface area contributed by atoms with E-state index in [2.05, 4.69) is 5.32 Å². The fourth-order valence-electron chi connectivity index (χ4n) is 1.91. The van der Waals surface area contributed by atoms with Gasteiger partial charge in [-0.05, 0) is 30.0 Å². The second kappa shape index (κ2) is 8.44. The maximum Gasteiger partial charge on any atom is 0.339 e. The Morgan fingerprint density at radius 2 is 1.92 bits per heavy atom. The molecule has 4 nitrogen and oxygen atoms in total. The standard InChI is InChI=1S/C17H15F2NO3S/c1-2-24-15-6-4-3-5-12(15)17(22)23-10-16(21)20-14-9-11(18)7-8-13(14)19/h3-9H,2,10H2,1H3,(H,20,21). The quantitative estimate of drug-likeness (QED) is 0.634. The fourth-order valence-corrected chi connectivity index (χ4v) is 2.70. The number of benzene rings is 2. The number of nitrogens with one attached hydrogen (secondary N) is 1. The van der Waals surface area contributed by atoms with E-state index in [-0.39, 0.29) is 5.69 Å². The maximum absolute atomic E-state index is 13.4. The number of rotatable bonds is 6. The molecule has 0 saturated heterocycles. The van der Waals surface area contributed by atoms with Crippen LogP contribution >= 0.6 is 11.8 Å². The smallest absolute Gasteiger partial charge is 0.339 e. The number of amides is 1. The van der Waals surface area contributed by atoms with E-state index in [1.54, 1.807) is 24.3 Å². The van der Waals surface area contributed by atoms with Gasteiger partial charge < -0.3 is 10.1 Å². The Hall–Kier alpha value is -2.41. The molecule has 0 heterocycles. The van der Waals surface area contributed by atoms with Gasteiger partial charge in [0, 0.05) is 11.0 Å². The summed E-state index contributed by atoms with van der Waals surface area (Å²) in [6.07, 6.45) is 0. The summed E-state index contributed by atoms with van der Waals surface area (Å²) in [5, 5.41) is 2.16. The summed E-state index contributed by atoms with van der Waals surface area (Å²) in [7, 11) is 0. The van der Waals surface area contributed by atoms with Gasteiger partial charge in [-0.1, -0.05) is 19.1 Å². The first-order chi connectivity index (χ1) is 11.5. The molecule has 1 N–H and O–H groups in total. The van der Waals surface area contributed by atoms with Crippen molar-refractivity contribution in [2.45, 2.75) is 11.8 Å². The van der Waals surface area contributed by atoms with Crippen LogP contribution in [0.3, 0.4) is 0 Å². The summed E-state index contributed by atoms with van der Waals surface area (Å²) in [5.41, 5.74) is 0.0482. The lowest BCUT2D eigenvalue weighted by molar-refractivity contribution is -0.119. The van der Waals surface area contributed by atoms with Gasteiger partial charge >= 0.3 is 5.97 Å². The Bertz CT molecular complexity index is 752. The van der Waals surface area contributed by atoms with Gasteiger partial charge in [0.05, 0.1) is 11.3 Å². The van der Waals surface area contributed by atoms with Crippen molar-refractivity contribution in [3.63, 3.8) is 0 Å². The van der Waals surface area contributed by atoms with Crippen LogP contribution in [-0.4, -0.2) is 24.2 Å². The zero-order valence-corrected chi connectivity index (χ0v) is 13.7. The monoisotopic (exact) mass is 351 g/mol. The highest BCUT2D eigenvalue weighted by atomic mass is 32.2. The summed E-state index contributed by atoms with van der Waals surface area (Å²) in [6, 6.07) is 9.56. The topological polar surface area (TPSA) is 55.4 Å². The van der Waals surface area contributed by atoms with Gasteiger partial charge in [0.1, 0.15) is 11.6 Å². The SMILES string of the molecule is CCSc1ccccc1C(=O)OCC(=O)Nc1cc(F)ccc1F. The van der Waals surface area contributed by atoms with Crippen molar-refractivity contribution in [3.8, 4) is 0 Å². The van der Waals surface area contributed by atoms with E-state index in [1.165, 1.54) is 11.8 Å². The molecule has 2 aromatic carbocycles. The Morgan fingerprint density at radius 1 is 1.17 bits per heavy atom. The number of hydrogen-bond acceptors (Lipinski definition) is 4. The molecule has 0 saturated carbocycles. The Labute approximate surface area is 142 Å². The molecule has 0 aliphatic carbocycles. The van der Waals surface area contributed by atoms with E-state index in [9.17, 15) is 18.4 Å². The Morgan fingerprint density at radius 3 is 2.67 bits per heavy atom. The third kappa shape index (κ3) is 4.79. The van der Waals surface area contributed by atoms with E-state index in [0.717, 1.165) is 28.8 Å². The predicted octanol–water partition coefficient (Wildman–Crippen LogP) is 3.87. The van der Waals surface area contributed by atoms with E-state index in [4.69, 9.17) is 4.74 Å². The highest BCUT2D eigenvalue weighted by molar-refractivity contribution is 7.99. The van der Waals surface area contributed by atoms with Crippen LogP contribution in [0.25, 0.3) is 0 Å². The molecular formula is C17H15F2NO3S. The molecule has 0 radical (unpaired) electrons. The minimum atomic E-state index is -0.777. The van der Waals surface area contributed by atoms with Gasteiger partial charge in [-0.3, -0.25) is 4.79 Å². The van der Waals surface area contributed by atoms with Gasteiger partial charge in [-0.25, -0.2) is 13.6 Å². The van der Waals surface area contributed by atoms with Crippen LogP contribution in [0.15, 0.2) is 47.4 Å². The van der Waals surface area contributed by atoms with Crippen LogP contribution < -0.4 is 5.32 Å². The van der Waals surface area contributed by atoms with Gasteiger partial charge in [-0.15, -0.1) is 11.8 Å². The minimum absolute atomic E-state index is 0.307. The second-order valence-electron chi connectivity index (χ2n) is 4.68. The average molecular weight is 351 g/mol. The van der Waals surface area contributed by atoms with Crippen LogP contribution in [0.4, 0.5) is 14.5 Å². The van der Waals surface area contributed by atoms with Crippen LogP contribution in [0.1, 0.15) is 17.3 Å². The first kappa shape index (κ1) is 17.9. The molecule has 0 aliphatic rings. The zero-order chi connectivity index (χ0) is 17.5. The van der Waals surface area contributed by atoms with Crippen molar-refractivity contribution in [2.75, 3.05) is 17.7 Å². The van der Waals surface area contributed by atoms with Crippen LogP contribution in [0.5, 0.6) is 0 Å². The summed E-state index contributed by atoms with van der Waals surface area (Å²) in [5.74, 6) is -2.09. The number of hydrogen-bond donors (Lipinski definition) is 1. The predicted molar refractivity (Wildman–Crippen MR) is 88.1 cm³/mol. The lowest BCUT2D eigenvalue weighted by Crippen LogP contribution is -2.21. The number of anilines is 1. The van der Waals surface area contributed by atoms with Crippen LogP contribution in [-0.2, 0) is 9.53 Å². The average Bonchev–Trinajstić information content (AvgIpc) is 2.57. The summed E-state index contributed by atoms with van der Waals surface area (Å²) >= 11 is 1.48. The highest BCUT2D eigenvalue weighted by Gasteiger charge is 2.15. The third-order valence-electron chi connectivity index (χ3n) is 2.94. The molecule has 0 spiro atoms. The molecule has 0 fully saturated rings. The van der Waals surface area contributed by atoms with Crippen molar-refractivity contribution in [1.82, 2.24) is 0 Å². The molecule has 0 bridgehead atoms. The first-order valence-electron chi connectivity index (χ1n) is 7.15. The second-order valence-corrected chi connectivity index (χ2v) is 5.98. The van der Waals surface area contributed by atoms with E-state index in [1.807, 2.05) is 6.92 Å². The summed E-state index contributed by atoms with van der Waals surface area (Å²) in [4.78, 5) is 24.6. The van der Waals surface area contributed by atoms with Crippen molar-refractivity contribution in [3.05, 3.63) is 59.7 Å². The maximum atomic E-state index is 13.4. The van der Waals surface area contributed by atoms with Crippen molar-refractivity contribution in [1.29, 1.82) is 0 Å². The molecule has 0 unspecified atom stereocenters. The molecule has 2 aromatic rings. The van der Waals surface area contributed by atoms with Crippen LogP contribution in [0.2, 0.25) is 0 Å². The fraction of sp³-hybridized carbons (Fsp3) is 0.176. The number of halogens is 2. The van der Waals surface area contributed by atoms with Gasteiger partial charge in [0.25, 0.3) is 5.91 Å². The normalized spacial score (nSPS) is 10.3. The molecular weight excluding hydrogens is 336 g/mol. The largest absolute Gasteiger partial charge is 0.452 e. The number of thioether (sulfide) groups is 1. The number of ether oxygens (including phenoxy) is 1. The van der Waals surface area contributed by atoms with Gasteiger partial charge in [0.2, 0.25) is 0 Å². The van der Waals surface area contributed by atoms with Gasteiger partial charge in [0.15, 0.2) is 6.61 Å². The number of esters is 1. The van der Waals surface area contributed by atoms with Crippen LogP contribution in [0, 0.1) is 11.6 Å². The zero-order valence-electron chi connectivity index (χ0n) is 12.8. The lowest BCUT2D eigenvalue weighted by Gasteiger charge is -2.09. The lowest BCUT2D eigenvalue weighted by atomic mass is 10.2.